The van der Waals surface area contributed by atoms with E-state index in [9.17, 15) is 5.11 Å². The van der Waals surface area contributed by atoms with Crippen LogP contribution in [0.15, 0.2) is 54.6 Å². The van der Waals surface area contributed by atoms with E-state index in [0.29, 0.717) is 12.5 Å². The quantitative estimate of drug-likeness (QED) is 0.796. The molecule has 0 heterocycles. The monoisotopic (exact) mass is 284 g/mol. The van der Waals surface area contributed by atoms with Crippen molar-refractivity contribution in [3.05, 3.63) is 65.7 Å². The van der Waals surface area contributed by atoms with Crippen LogP contribution in [0.3, 0.4) is 0 Å². The first-order valence-electron chi connectivity index (χ1n) is 7.60. The first kappa shape index (κ1) is 15.6. The second-order valence-corrected chi connectivity index (χ2v) is 5.80. The Balaban J connectivity index is 2.02. The van der Waals surface area contributed by atoms with Gasteiger partial charge in [0.05, 0.1) is 6.10 Å². The molecule has 1 atom stereocenters. The Labute approximate surface area is 127 Å². The highest BCUT2D eigenvalue weighted by atomic mass is 16.5. The van der Waals surface area contributed by atoms with Crippen LogP contribution in [0.2, 0.25) is 0 Å². The molecule has 0 bridgehead atoms. The molecule has 2 aromatic rings. The molecule has 21 heavy (non-hydrogen) atoms. The van der Waals surface area contributed by atoms with Gasteiger partial charge in [-0.1, -0.05) is 62.4 Å². The first-order chi connectivity index (χ1) is 10.2. The molecule has 0 aliphatic heterocycles. The van der Waals surface area contributed by atoms with Crippen LogP contribution >= 0.6 is 0 Å². The SMILES string of the molecule is CC(C)CCC(O)c1ccccc1OCc1ccccc1. The Morgan fingerprint density at radius 3 is 2.29 bits per heavy atom. The van der Waals surface area contributed by atoms with Crippen molar-refractivity contribution < 1.29 is 9.84 Å². The van der Waals surface area contributed by atoms with E-state index in [1.807, 2.05) is 54.6 Å². The Kier molecular flexibility index (Phi) is 5.82. The lowest BCUT2D eigenvalue weighted by Crippen LogP contribution is -2.04. The molecule has 1 unspecified atom stereocenters. The fourth-order valence-electron chi connectivity index (χ4n) is 2.27. The zero-order valence-corrected chi connectivity index (χ0v) is 12.8. The van der Waals surface area contributed by atoms with Crippen LogP contribution in [-0.2, 0) is 6.61 Å². The number of hydrogen-bond acceptors (Lipinski definition) is 2. The van der Waals surface area contributed by atoms with Crippen molar-refractivity contribution in [1.29, 1.82) is 0 Å². The fourth-order valence-corrected chi connectivity index (χ4v) is 2.27. The number of para-hydroxylation sites is 1. The third-order valence-corrected chi connectivity index (χ3v) is 3.53. The van der Waals surface area contributed by atoms with Gasteiger partial charge >= 0.3 is 0 Å². The van der Waals surface area contributed by atoms with Gasteiger partial charge < -0.3 is 9.84 Å². The number of aliphatic hydroxyl groups excluding tert-OH is 1. The van der Waals surface area contributed by atoms with E-state index in [4.69, 9.17) is 4.74 Å². The van der Waals surface area contributed by atoms with Crippen molar-refractivity contribution in [2.45, 2.75) is 39.4 Å². The van der Waals surface area contributed by atoms with Gasteiger partial charge in [0.1, 0.15) is 12.4 Å². The van der Waals surface area contributed by atoms with Crippen LogP contribution in [0.5, 0.6) is 5.75 Å². The summed E-state index contributed by atoms with van der Waals surface area (Å²) in [7, 11) is 0. The highest BCUT2D eigenvalue weighted by molar-refractivity contribution is 5.35. The molecule has 2 heteroatoms. The zero-order chi connectivity index (χ0) is 15.1. The van der Waals surface area contributed by atoms with Gasteiger partial charge in [-0.05, 0) is 30.4 Å². The van der Waals surface area contributed by atoms with Crippen molar-refractivity contribution in [3.8, 4) is 5.75 Å². The van der Waals surface area contributed by atoms with Crippen LogP contribution < -0.4 is 4.74 Å². The predicted octanol–water partition coefficient (Wildman–Crippen LogP) is 4.74. The molecule has 0 spiro atoms. The zero-order valence-electron chi connectivity index (χ0n) is 12.8. The molecular weight excluding hydrogens is 260 g/mol. The van der Waals surface area contributed by atoms with Crippen LogP contribution in [0.1, 0.15) is 43.9 Å². The van der Waals surface area contributed by atoms with Crippen molar-refractivity contribution in [2.75, 3.05) is 0 Å². The maximum Gasteiger partial charge on any atom is 0.125 e. The lowest BCUT2D eigenvalue weighted by atomic mass is 9.99. The smallest absolute Gasteiger partial charge is 0.125 e. The highest BCUT2D eigenvalue weighted by Crippen LogP contribution is 2.29. The molecule has 0 aromatic heterocycles. The van der Waals surface area contributed by atoms with Gasteiger partial charge in [0.25, 0.3) is 0 Å². The summed E-state index contributed by atoms with van der Waals surface area (Å²) in [6.45, 7) is 4.86. The normalized spacial score (nSPS) is 12.4. The predicted molar refractivity (Wildman–Crippen MR) is 86.2 cm³/mol. The van der Waals surface area contributed by atoms with E-state index >= 15 is 0 Å². The molecule has 1 N–H and O–H groups in total. The molecule has 0 amide bonds. The fraction of sp³-hybridized carbons (Fsp3) is 0.368. The summed E-state index contributed by atoms with van der Waals surface area (Å²) in [6.07, 6.45) is 1.32. The largest absolute Gasteiger partial charge is 0.489 e. The van der Waals surface area contributed by atoms with Crippen molar-refractivity contribution in [2.24, 2.45) is 5.92 Å². The van der Waals surface area contributed by atoms with Crippen LogP contribution in [0, 0.1) is 5.92 Å². The molecule has 0 radical (unpaired) electrons. The minimum atomic E-state index is -0.459. The standard InChI is InChI=1S/C19H24O2/c1-15(2)12-13-18(20)17-10-6-7-11-19(17)21-14-16-8-4-3-5-9-16/h3-11,15,18,20H,12-14H2,1-2H3. The van der Waals surface area contributed by atoms with Gasteiger partial charge in [0, 0.05) is 5.56 Å². The molecule has 0 saturated heterocycles. The molecule has 0 aliphatic rings. The van der Waals surface area contributed by atoms with E-state index in [1.165, 1.54) is 0 Å². The third kappa shape index (κ3) is 4.91. The number of ether oxygens (including phenoxy) is 1. The summed E-state index contributed by atoms with van der Waals surface area (Å²) < 4.78 is 5.89. The van der Waals surface area contributed by atoms with E-state index in [2.05, 4.69) is 13.8 Å². The minimum absolute atomic E-state index is 0.459. The van der Waals surface area contributed by atoms with E-state index in [-0.39, 0.29) is 0 Å². The molecule has 0 aliphatic carbocycles. The molecule has 2 nitrogen and oxygen atoms in total. The first-order valence-corrected chi connectivity index (χ1v) is 7.60. The van der Waals surface area contributed by atoms with Crippen LogP contribution in [-0.4, -0.2) is 5.11 Å². The van der Waals surface area contributed by atoms with Crippen molar-refractivity contribution in [1.82, 2.24) is 0 Å². The molecule has 2 aromatic carbocycles. The minimum Gasteiger partial charge on any atom is -0.489 e. The topological polar surface area (TPSA) is 29.5 Å². The Morgan fingerprint density at radius 1 is 0.905 bits per heavy atom. The summed E-state index contributed by atoms with van der Waals surface area (Å²) in [5, 5.41) is 10.4. The average molecular weight is 284 g/mol. The molecule has 0 saturated carbocycles. The van der Waals surface area contributed by atoms with Crippen molar-refractivity contribution >= 4 is 0 Å². The third-order valence-electron chi connectivity index (χ3n) is 3.53. The summed E-state index contributed by atoms with van der Waals surface area (Å²) in [6, 6.07) is 17.8. The highest BCUT2D eigenvalue weighted by Gasteiger charge is 2.13. The molecule has 112 valence electrons. The maximum absolute atomic E-state index is 10.4. The lowest BCUT2D eigenvalue weighted by molar-refractivity contribution is 0.153. The van der Waals surface area contributed by atoms with E-state index < -0.39 is 6.10 Å². The summed E-state index contributed by atoms with van der Waals surface area (Å²) in [5.74, 6) is 1.37. The van der Waals surface area contributed by atoms with Gasteiger partial charge in [-0.15, -0.1) is 0 Å². The van der Waals surface area contributed by atoms with E-state index in [0.717, 1.165) is 29.7 Å². The Morgan fingerprint density at radius 2 is 1.57 bits per heavy atom. The summed E-state index contributed by atoms with van der Waals surface area (Å²) in [4.78, 5) is 0. The van der Waals surface area contributed by atoms with Crippen LogP contribution in [0.4, 0.5) is 0 Å². The lowest BCUT2D eigenvalue weighted by Gasteiger charge is -2.17. The molecule has 2 rings (SSSR count). The van der Waals surface area contributed by atoms with Crippen LogP contribution in [0.25, 0.3) is 0 Å². The Hall–Kier alpha value is -1.80. The molecular formula is C19H24O2. The maximum atomic E-state index is 10.4. The number of aliphatic hydroxyl groups is 1. The van der Waals surface area contributed by atoms with Gasteiger partial charge in [0.2, 0.25) is 0 Å². The Bertz CT molecular complexity index is 534. The summed E-state index contributed by atoms with van der Waals surface area (Å²) in [5.41, 5.74) is 2.01. The average Bonchev–Trinajstić information content (AvgIpc) is 2.52. The van der Waals surface area contributed by atoms with Gasteiger partial charge in [-0.25, -0.2) is 0 Å². The molecule has 0 fully saturated rings. The van der Waals surface area contributed by atoms with Gasteiger partial charge in [0.15, 0.2) is 0 Å². The number of rotatable bonds is 7. The second kappa shape index (κ2) is 7.84. The second-order valence-electron chi connectivity index (χ2n) is 5.80. The summed E-state index contributed by atoms with van der Waals surface area (Å²) >= 11 is 0. The van der Waals surface area contributed by atoms with Gasteiger partial charge in [-0.2, -0.15) is 0 Å². The number of hydrogen-bond donors (Lipinski definition) is 1. The van der Waals surface area contributed by atoms with Gasteiger partial charge in [-0.3, -0.25) is 0 Å². The number of benzene rings is 2. The van der Waals surface area contributed by atoms with E-state index in [1.54, 1.807) is 0 Å². The van der Waals surface area contributed by atoms with Crippen molar-refractivity contribution in [3.63, 3.8) is 0 Å².